The van der Waals surface area contributed by atoms with Crippen molar-refractivity contribution in [3.63, 3.8) is 0 Å². The first-order chi connectivity index (χ1) is 14.2. The minimum absolute atomic E-state index is 0.0167. The smallest absolute Gasteiger partial charge is 0.409 e. The molecule has 30 heavy (non-hydrogen) atoms. The zero-order valence-electron chi connectivity index (χ0n) is 18.7. The molecule has 2 rings (SSSR count). The van der Waals surface area contributed by atoms with Gasteiger partial charge in [-0.2, -0.15) is 0 Å². The van der Waals surface area contributed by atoms with Gasteiger partial charge in [-0.05, 0) is 27.2 Å². The molecule has 0 aliphatic carbocycles. The summed E-state index contributed by atoms with van der Waals surface area (Å²) in [6.07, 6.45) is 1.67. The van der Waals surface area contributed by atoms with Gasteiger partial charge in [-0.3, -0.25) is 4.79 Å². The number of aliphatic hydroxyl groups excluding tert-OH is 1. The van der Waals surface area contributed by atoms with Gasteiger partial charge in [-0.25, -0.2) is 9.48 Å². The molecule has 0 spiro atoms. The van der Waals surface area contributed by atoms with Crippen molar-refractivity contribution in [3.8, 4) is 0 Å². The van der Waals surface area contributed by atoms with Gasteiger partial charge < -0.3 is 24.4 Å². The summed E-state index contributed by atoms with van der Waals surface area (Å²) in [6, 6.07) is -0.297. The first-order valence-electron chi connectivity index (χ1n) is 10.5. The van der Waals surface area contributed by atoms with E-state index in [9.17, 15) is 14.7 Å². The lowest BCUT2D eigenvalue weighted by atomic mass is 10.0. The molecule has 3 atom stereocenters. The Bertz CT molecular complexity index is 695. The van der Waals surface area contributed by atoms with Crippen molar-refractivity contribution in [2.75, 3.05) is 26.7 Å². The lowest BCUT2D eigenvalue weighted by molar-refractivity contribution is -0.136. The second kappa shape index (κ2) is 11.3. The number of hydrogen-bond acceptors (Lipinski definition) is 7. The SMILES string of the molecule is CC(C)OC(=O)N(C)C[C@H]1OCc2cnnn2CCCC(=O)N([C@H](C)CO)C[C@@H]1C. The highest BCUT2D eigenvalue weighted by Gasteiger charge is 2.29. The predicted octanol–water partition coefficient (Wildman–Crippen LogP) is 1.28. The molecule has 2 amide bonds. The number of nitrogens with zero attached hydrogens (tertiary/aromatic N) is 5. The maximum Gasteiger partial charge on any atom is 0.409 e. The van der Waals surface area contributed by atoms with Crippen LogP contribution in [0.25, 0.3) is 0 Å². The van der Waals surface area contributed by atoms with E-state index in [4.69, 9.17) is 9.47 Å². The highest BCUT2D eigenvalue weighted by Crippen LogP contribution is 2.18. The third-order valence-corrected chi connectivity index (χ3v) is 5.24. The Kier molecular flexibility index (Phi) is 9.04. The number of likely N-dealkylation sites (N-methyl/N-ethyl adjacent to an activating group) is 1. The predicted molar refractivity (Wildman–Crippen MR) is 110 cm³/mol. The van der Waals surface area contributed by atoms with Crippen LogP contribution in [0.4, 0.5) is 4.79 Å². The van der Waals surface area contributed by atoms with Crippen LogP contribution in [0.3, 0.4) is 0 Å². The van der Waals surface area contributed by atoms with Gasteiger partial charge in [0.15, 0.2) is 0 Å². The van der Waals surface area contributed by atoms with Gasteiger partial charge >= 0.3 is 6.09 Å². The molecule has 0 aromatic carbocycles. The third kappa shape index (κ3) is 6.66. The van der Waals surface area contributed by atoms with E-state index in [0.29, 0.717) is 39.1 Å². The van der Waals surface area contributed by atoms with Crippen molar-refractivity contribution in [1.82, 2.24) is 24.8 Å². The van der Waals surface area contributed by atoms with Gasteiger partial charge in [0.25, 0.3) is 0 Å². The van der Waals surface area contributed by atoms with Crippen LogP contribution in [0, 0.1) is 5.92 Å². The Hall–Kier alpha value is -2.20. The highest BCUT2D eigenvalue weighted by molar-refractivity contribution is 5.76. The number of carbonyl (C=O) groups is 2. The molecule has 0 saturated heterocycles. The van der Waals surface area contributed by atoms with Crippen molar-refractivity contribution in [1.29, 1.82) is 0 Å². The number of fused-ring (bicyclic) bond motifs is 1. The monoisotopic (exact) mass is 425 g/mol. The Morgan fingerprint density at radius 1 is 1.43 bits per heavy atom. The normalized spacial score (nSPS) is 22.1. The van der Waals surface area contributed by atoms with E-state index < -0.39 is 6.09 Å². The molecule has 1 aliphatic heterocycles. The Morgan fingerprint density at radius 3 is 2.83 bits per heavy atom. The largest absolute Gasteiger partial charge is 0.447 e. The summed E-state index contributed by atoms with van der Waals surface area (Å²) in [6.45, 7) is 8.90. The van der Waals surface area contributed by atoms with Gasteiger partial charge in [0, 0.05) is 32.5 Å². The number of aryl methyl sites for hydroxylation is 1. The fraction of sp³-hybridized carbons (Fsp3) is 0.800. The lowest BCUT2D eigenvalue weighted by Gasteiger charge is -2.35. The van der Waals surface area contributed by atoms with E-state index in [1.54, 1.807) is 36.7 Å². The summed E-state index contributed by atoms with van der Waals surface area (Å²) in [7, 11) is 1.67. The molecular weight excluding hydrogens is 390 g/mol. The van der Waals surface area contributed by atoms with E-state index >= 15 is 0 Å². The lowest BCUT2D eigenvalue weighted by Crippen LogP contribution is -2.48. The van der Waals surface area contributed by atoms with Crippen molar-refractivity contribution in [3.05, 3.63) is 11.9 Å². The van der Waals surface area contributed by atoms with Crippen LogP contribution in [0.1, 0.15) is 46.2 Å². The molecule has 0 saturated carbocycles. The topological polar surface area (TPSA) is 110 Å². The number of hydrogen-bond donors (Lipinski definition) is 1. The fourth-order valence-electron chi connectivity index (χ4n) is 3.38. The quantitative estimate of drug-likeness (QED) is 0.757. The molecule has 1 aromatic heterocycles. The van der Waals surface area contributed by atoms with Crippen LogP contribution in [0.5, 0.6) is 0 Å². The van der Waals surface area contributed by atoms with Gasteiger partial charge in [-0.1, -0.05) is 12.1 Å². The molecule has 0 fully saturated rings. The van der Waals surface area contributed by atoms with Gasteiger partial charge in [-0.15, -0.1) is 5.10 Å². The molecule has 10 heteroatoms. The summed E-state index contributed by atoms with van der Waals surface area (Å²) >= 11 is 0. The molecule has 2 heterocycles. The van der Waals surface area contributed by atoms with Crippen LogP contribution >= 0.6 is 0 Å². The van der Waals surface area contributed by atoms with Crippen LogP contribution in [0.15, 0.2) is 6.20 Å². The molecule has 1 aliphatic rings. The Morgan fingerprint density at radius 2 is 2.17 bits per heavy atom. The fourth-order valence-corrected chi connectivity index (χ4v) is 3.38. The average Bonchev–Trinajstić information content (AvgIpc) is 3.14. The Balaban J connectivity index is 2.22. The summed E-state index contributed by atoms with van der Waals surface area (Å²) in [5, 5.41) is 17.7. The van der Waals surface area contributed by atoms with Gasteiger partial charge in [0.05, 0.1) is 49.9 Å². The zero-order valence-corrected chi connectivity index (χ0v) is 18.7. The summed E-state index contributed by atoms with van der Waals surface area (Å²) < 4.78 is 13.2. The van der Waals surface area contributed by atoms with E-state index in [2.05, 4.69) is 10.3 Å². The number of ether oxygens (including phenoxy) is 2. The van der Waals surface area contributed by atoms with Crippen LogP contribution < -0.4 is 0 Å². The maximum atomic E-state index is 12.8. The number of amides is 2. The standard InChI is InChI=1S/C20H35N5O5/c1-14(2)30-20(28)23(5)11-18-15(3)10-24(16(4)12-26)19(27)7-6-8-25-17(13-29-18)9-21-22-25/h9,14-16,18,26H,6-8,10-13H2,1-5H3/t15-,16+,18+/m0/s1. The maximum absolute atomic E-state index is 12.8. The summed E-state index contributed by atoms with van der Waals surface area (Å²) in [5.74, 6) is -0.0991. The second-order valence-electron chi connectivity index (χ2n) is 8.27. The number of rotatable bonds is 5. The van der Waals surface area contributed by atoms with Crippen LogP contribution in [0.2, 0.25) is 0 Å². The van der Waals surface area contributed by atoms with Crippen molar-refractivity contribution < 1.29 is 24.2 Å². The van der Waals surface area contributed by atoms with Crippen LogP contribution in [-0.2, 0) is 27.4 Å². The molecule has 1 N–H and O–H groups in total. The van der Waals surface area contributed by atoms with E-state index in [1.807, 2.05) is 13.8 Å². The molecule has 0 bridgehead atoms. The molecule has 1 aromatic rings. The molecular formula is C20H35N5O5. The minimum atomic E-state index is -0.421. The molecule has 10 nitrogen and oxygen atoms in total. The van der Waals surface area contributed by atoms with Crippen molar-refractivity contribution in [2.24, 2.45) is 5.92 Å². The zero-order chi connectivity index (χ0) is 22.3. The highest BCUT2D eigenvalue weighted by atomic mass is 16.6. The average molecular weight is 426 g/mol. The van der Waals surface area contributed by atoms with Gasteiger partial charge in [0.1, 0.15) is 0 Å². The van der Waals surface area contributed by atoms with E-state index in [-0.39, 0.29) is 36.7 Å². The Labute approximate surface area is 178 Å². The summed E-state index contributed by atoms with van der Waals surface area (Å²) in [4.78, 5) is 28.3. The first-order valence-corrected chi connectivity index (χ1v) is 10.5. The van der Waals surface area contributed by atoms with Gasteiger partial charge in [0.2, 0.25) is 5.91 Å². The molecule has 0 radical (unpaired) electrons. The van der Waals surface area contributed by atoms with E-state index in [0.717, 1.165) is 5.69 Å². The van der Waals surface area contributed by atoms with E-state index in [1.165, 1.54) is 4.90 Å². The third-order valence-electron chi connectivity index (χ3n) is 5.24. The number of aliphatic hydroxyl groups is 1. The number of aromatic nitrogens is 3. The minimum Gasteiger partial charge on any atom is -0.447 e. The second-order valence-corrected chi connectivity index (χ2v) is 8.27. The molecule has 170 valence electrons. The first kappa shape index (κ1) is 24.1. The summed E-state index contributed by atoms with van der Waals surface area (Å²) in [5.41, 5.74) is 0.827. The van der Waals surface area contributed by atoms with Crippen LogP contribution in [-0.4, -0.2) is 86.9 Å². The molecule has 0 unspecified atom stereocenters. The number of carbonyl (C=O) groups excluding carboxylic acids is 2. The van der Waals surface area contributed by atoms with Crippen molar-refractivity contribution in [2.45, 2.75) is 71.9 Å². The van der Waals surface area contributed by atoms with Crippen molar-refractivity contribution >= 4 is 12.0 Å².